The first-order valence-corrected chi connectivity index (χ1v) is 25.7. The summed E-state index contributed by atoms with van der Waals surface area (Å²) in [5.74, 6) is -1.76. The SMILES string of the molecule is CC/C=C/C=C/C=C/C=C/CCCCCCCC(=O)OCC(COCCC(C(=O)[O-])[N+](C)(C)C)OC(=O)CCCCCCCCCCCCCCCCCCCCCCCCC. The van der Waals surface area contributed by atoms with Crippen molar-refractivity contribution in [3.63, 3.8) is 0 Å². The van der Waals surface area contributed by atoms with Crippen LogP contribution in [0.3, 0.4) is 0 Å². The molecule has 62 heavy (non-hydrogen) atoms. The van der Waals surface area contributed by atoms with Crippen molar-refractivity contribution in [3.05, 3.63) is 48.6 Å². The molecule has 8 nitrogen and oxygen atoms in total. The summed E-state index contributed by atoms with van der Waals surface area (Å²) < 4.78 is 17.2. The predicted octanol–water partition coefficient (Wildman–Crippen LogP) is 13.4. The highest BCUT2D eigenvalue weighted by Gasteiger charge is 2.25. The quantitative estimate of drug-likeness (QED) is 0.0260. The largest absolute Gasteiger partial charge is 0.544 e. The minimum atomic E-state index is -1.13. The van der Waals surface area contributed by atoms with Crippen molar-refractivity contribution in [1.29, 1.82) is 0 Å². The van der Waals surface area contributed by atoms with Gasteiger partial charge in [-0.25, -0.2) is 0 Å². The average Bonchev–Trinajstić information content (AvgIpc) is 3.23. The first-order chi connectivity index (χ1) is 30.1. The maximum absolute atomic E-state index is 12.8. The van der Waals surface area contributed by atoms with Gasteiger partial charge in [0, 0.05) is 19.3 Å². The molecule has 0 fully saturated rings. The van der Waals surface area contributed by atoms with E-state index in [2.05, 4.69) is 38.2 Å². The van der Waals surface area contributed by atoms with Crippen LogP contribution >= 0.6 is 0 Å². The third-order valence-corrected chi connectivity index (χ3v) is 11.6. The molecule has 0 spiro atoms. The standard InChI is InChI=1S/C54H97NO7/c1-6-8-10-12-14-16-18-20-22-23-24-25-26-27-28-29-31-33-35-37-39-41-43-45-53(57)62-50(48-60-47-46-51(54(58)59)55(3,4)5)49-61-52(56)44-42-40-38-36-34-32-30-21-19-17-15-13-11-9-7-2/h9,11,13,15,17,19,21,30,50-51H,6-8,10,12,14,16,18,20,22-29,31-49H2,1-5H3/b11-9+,15-13+,19-17+,30-21+. The maximum Gasteiger partial charge on any atom is 0.306 e. The lowest BCUT2D eigenvalue weighted by atomic mass is 10.0. The molecule has 2 atom stereocenters. The molecule has 8 heteroatoms. The summed E-state index contributed by atoms with van der Waals surface area (Å²) in [6, 6.07) is -0.730. The second-order valence-corrected chi connectivity index (χ2v) is 18.5. The molecule has 360 valence electrons. The Morgan fingerprint density at radius 1 is 0.500 bits per heavy atom. The Bertz CT molecular complexity index is 1150. The summed E-state index contributed by atoms with van der Waals surface area (Å²) in [4.78, 5) is 37.0. The van der Waals surface area contributed by atoms with E-state index in [1.54, 1.807) is 21.1 Å². The number of rotatable bonds is 46. The highest BCUT2D eigenvalue weighted by molar-refractivity contribution is 5.70. The van der Waals surface area contributed by atoms with Crippen molar-refractivity contribution >= 4 is 17.9 Å². The molecule has 0 radical (unpaired) electrons. The number of likely N-dealkylation sites (N-methyl/N-ethyl adjacent to an activating group) is 1. The van der Waals surface area contributed by atoms with Crippen molar-refractivity contribution in [2.24, 2.45) is 0 Å². The molecule has 0 saturated carbocycles. The number of nitrogens with zero attached hydrogens (tertiary/aromatic N) is 1. The Kier molecular flexibility index (Phi) is 42.9. The van der Waals surface area contributed by atoms with E-state index in [0.717, 1.165) is 64.2 Å². The second-order valence-electron chi connectivity index (χ2n) is 18.5. The van der Waals surface area contributed by atoms with Crippen molar-refractivity contribution in [3.8, 4) is 0 Å². The van der Waals surface area contributed by atoms with Gasteiger partial charge in [0.15, 0.2) is 6.10 Å². The van der Waals surface area contributed by atoms with E-state index in [1.165, 1.54) is 128 Å². The van der Waals surface area contributed by atoms with Crippen LogP contribution in [0.25, 0.3) is 0 Å². The zero-order valence-electron chi connectivity index (χ0n) is 41.0. The molecule has 0 heterocycles. The predicted molar refractivity (Wildman–Crippen MR) is 259 cm³/mol. The third kappa shape index (κ3) is 42.6. The molecule has 0 aromatic rings. The number of carboxylic acid groups (broad SMARTS) is 1. The van der Waals surface area contributed by atoms with Gasteiger partial charge in [-0.2, -0.15) is 0 Å². The van der Waals surface area contributed by atoms with Crippen molar-refractivity contribution < 1.29 is 38.2 Å². The van der Waals surface area contributed by atoms with Crippen molar-refractivity contribution in [2.45, 2.75) is 238 Å². The summed E-state index contributed by atoms with van der Waals surface area (Å²) in [5, 5.41) is 11.7. The molecule has 0 amide bonds. The van der Waals surface area contributed by atoms with Gasteiger partial charge in [-0.1, -0.05) is 223 Å². The van der Waals surface area contributed by atoms with Crippen LogP contribution in [0.1, 0.15) is 226 Å². The number of unbranched alkanes of at least 4 members (excludes halogenated alkanes) is 27. The van der Waals surface area contributed by atoms with Crippen LogP contribution in [0.4, 0.5) is 0 Å². The highest BCUT2D eigenvalue weighted by Crippen LogP contribution is 2.17. The number of carboxylic acids is 1. The molecule has 0 bridgehead atoms. The lowest BCUT2D eigenvalue weighted by molar-refractivity contribution is -0.889. The van der Waals surface area contributed by atoms with E-state index in [4.69, 9.17) is 14.2 Å². The van der Waals surface area contributed by atoms with Crippen molar-refractivity contribution in [1.82, 2.24) is 0 Å². The molecule has 2 unspecified atom stereocenters. The summed E-state index contributed by atoms with van der Waals surface area (Å²) in [5.41, 5.74) is 0. The number of carbonyl (C=O) groups excluding carboxylic acids is 3. The van der Waals surface area contributed by atoms with Crippen LogP contribution in [-0.4, -0.2) is 75.5 Å². The van der Waals surface area contributed by atoms with Gasteiger partial charge in [0.1, 0.15) is 12.6 Å². The number of hydrogen-bond acceptors (Lipinski definition) is 7. The maximum atomic E-state index is 12.8. The fourth-order valence-electron chi connectivity index (χ4n) is 7.61. The number of esters is 2. The van der Waals surface area contributed by atoms with E-state index in [1.807, 2.05) is 24.3 Å². The number of aliphatic carboxylic acids is 1. The Morgan fingerprint density at radius 2 is 0.903 bits per heavy atom. The third-order valence-electron chi connectivity index (χ3n) is 11.6. The molecular formula is C54H97NO7. The Morgan fingerprint density at radius 3 is 1.34 bits per heavy atom. The molecule has 0 aromatic carbocycles. The van der Waals surface area contributed by atoms with Gasteiger partial charge in [-0.05, 0) is 32.1 Å². The monoisotopic (exact) mass is 872 g/mol. The summed E-state index contributed by atoms with van der Waals surface area (Å²) in [6.07, 6.45) is 54.3. The average molecular weight is 872 g/mol. The summed E-state index contributed by atoms with van der Waals surface area (Å²) >= 11 is 0. The molecule has 0 N–H and O–H groups in total. The minimum Gasteiger partial charge on any atom is -0.544 e. The topological polar surface area (TPSA) is 102 Å². The highest BCUT2D eigenvalue weighted by atomic mass is 16.6. The number of hydrogen-bond donors (Lipinski definition) is 0. The zero-order chi connectivity index (χ0) is 45.6. The fourth-order valence-corrected chi connectivity index (χ4v) is 7.61. The molecule has 0 aliphatic rings. The fraction of sp³-hybridized carbons (Fsp3) is 0.796. The normalized spacial score (nSPS) is 13.2. The minimum absolute atomic E-state index is 0.0343. The molecule has 0 aromatic heterocycles. The van der Waals surface area contributed by atoms with Crippen LogP contribution in [0.15, 0.2) is 48.6 Å². The number of ether oxygens (including phenoxy) is 3. The summed E-state index contributed by atoms with van der Waals surface area (Å²) in [6.45, 7) is 4.53. The molecule has 0 saturated heterocycles. The second kappa shape index (κ2) is 44.9. The van der Waals surface area contributed by atoms with E-state index in [0.29, 0.717) is 12.8 Å². The van der Waals surface area contributed by atoms with Crippen molar-refractivity contribution in [2.75, 3.05) is 41.0 Å². The summed E-state index contributed by atoms with van der Waals surface area (Å²) in [7, 11) is 5.41. The first kappa shape index (κ1) is 59.3. The molecular weight excluding hydrogens is 775 g/mol. The Hall–Kier alpha value is -2.71. The number of quaternary nitrogens is 1. The van der Waals surface area contributed by atoms with Gasteiger partial charge in [-0.15, -0.1) is 0 Å². The lowest BCUT2D eigenvalue weighted by Gasteiger charge is -2.34. The number of allylic oxidation sites excluding steroid dienone is 8. The van der Waals surface area contributed by atoms with Gasteiger partial charge in [0.25, 0.3) is 0 Å². The zero-order valence-corrected chi connectivity index (χ0v) is 41.0. The molecule has 0 rings (SSSR count). The van der Waals surface area contributed by atoms with Crippen LogP contribution in [-0.2, 0) is 28.6 Å². The Labute approximate surface area is 382 Å². The van der Waals surface area contributed by atoms with Crippen LogP contribution in [0.5, 0.6) is 0 Å². The molecule has 0 aliphatic carbocycles. The van der Waals surface area contributed by atoms with Gasteiger partial charge >= 0.3 is 11.9 Å². The number of carbonyl (C=O) groups is 3. The first-order valence-electron chi connectivity index (χ1n) is 25.7. The van der Waals surface area contributed by atoms with Crippen LogP contribution in [0, 0.1) is 0 Å². The lowest BCUT2D eigenvalue weighted by Crippen LogP contribution is -2.55. The Balaban J connectivity index is 4.20. The van der Waals surface area contributed by atoms with Gasteiger partial charge in [0.2, 0.25) is 0 Å². The van der Waals surface area contributed by atoms with E-state index >= 15 is 0 Å². The van der Waals surface area contributed by atoms with E-state index in [9.17, 15) is 19.5 Å². The van der Waals surface area contributed by atoms with Gasteiger partial charge in [-0.3, -0.25) is 9.59 Å². The smallest absolute Gasteiger partial charge is 0.306 e. The van der Waals surface area contributed by atoms with Crippen LogP contribution < -0.4 is 5.11 Å². The van der Waals surface area contributed by atoms with E-state index < -0.39 is 18.1 Å². The van der Waals surface area contributed by atoms with E-state index in [-0.39, 0.29) is 42.7 Å². The van der Waals surface area contributed by atoms with Gasteiger partial charge < -0.3 is 28.6 Å². The molecule has 0 aliphatic heterocycles. The van der Waals surface area contributed by atoms with Gasteiger partial charge in [0.05, 0.1) is 40.3 Å². The van der Waals surface area contributed by atoms with Crippen LogP contribution in [0.2, 0.25) is 0 Å².